The van der Waals surface area contributed by atoms with Crippen LogP contribution in [0.15, 0.2) is 60.7 Å². The zero-order chi connectivity index (χ0) is 12.8. The summed E-state index contributed by atoms with van der Waals surface area (Å²) in [5, 5.41) is 10.7. The number of hydrogen-bond donors (Lipinski definition) is 1. The van der Waals surface area contributed by atoms with Crippen molar-refractivity contribution in [3.63, 3.8) is 0 Å². The molecule has 0 aliphatic rings. The Hall–Kier alpha value is -1.57. The van der Waals surface area contributed by atoms with Gasteiger partial charge in [-0.15, -0.1) is 0 Å². The quantitative estimate of drug-likeness (QED) is 0.857. The first-order chi connectivity index (χ1) is 8.75. The van der Waals surface area contributed by atoms with E-state index in [-0.39, 0.29) is 0 Å². The van der Waals surface area contributed by atoms with Gasteiger partial charge in [0.05, 0.1) is 6.10 Å². The van der Waals surface area contributed by atoms with Crippen LogP contribution >= 0.6 is 11.6 Å². The highest BCUT2D eigenvalue weighted by atomic mass is 35.5. The van der Waals surface area contributed by atoms with Crippen molar-refractivity contribution in [3.05, 3.63) is 76.8 Å². The summed E-state index contributed by atoms with van der Waals surface area (Å²) < 4.78 is 0. The topological polar surface area (TPSA) is 20.2 Å². The molecule has 1 nitrogen and oxygen atoms in total. The molecule has 0 aliphatic carbocycles. The zero-order valence-corrected chi connectivity index (χ0v) is 10.7. The molecule has 2 rings (SSSR count). The molecule has 1 atom stereocenters. The lowest BCUT2D eigenvalue weighted by atomic mass is 10.1. The Bertz CT molecular complexity index is 502. The van der Waals surface area contributed by atoms with Gasteiger partial charge in [-0.2, -0.15) is 0 Å². The molecule has 0 heterocycles. The van der Waals surface area contributed by atoms with E-state index in [4.69, 9.17) is 11.6 Å². The van der Waals surface area contributed by atoms with Gasteiger partial charge in [-0.1, -0.05) is 66.2 Å². The van der Waals surface area contributed by atoms with Crippen LogP contribution in [0.1, 0.15) is 23.7 Å². The molecule has 2 aromatic rings. The van der Waals surface area contributed by atoms with Gasteiger partial charge in [0.15, 0.2) is 0 Å². The largest absolute Gasteiger partial charge is 0.388 e. The van der Waals surface area contributed by atoms with Crippen LogP contribution in [-0.2, 0) is 0 Å². The van der Waals surface area contributed by atoms with Crippen LogP contribution < -0.4 is 0 Å². The SMILES string of the molecule is OC(C/C=C/c1ccccc1)c1ccc(Cl)cc1. The summed E-state index contributed by atoms with van der Waals surface area (Å²) in [6, 6.07) is 17.3. The third kappa shape index (κ3) is 3.73. The number of aliphatic hydroxyl groups excluding tert-OH is 1. The predicted molar refractivity (Wildman–Crippen MR) is 76.5 cm³/mol. The molecule has 0 amide bonds. The van der Waals surface area contributed by atoms with Gasteiger partial charge in [0.1, 0.15) is 0 Å². The molecule has 0 bridgehead atoms. The second-order valence-corrected chi connectivity index (χ2v) is 4.55. The van der Waals surface area contributed by atoms with E-state index in [9.17, 15) is 5.11 Å². The molecule has 1 N–H and O–H groups in total. The molecule has 18 heavy (non-hydrogen) atoms. The van der Waals surface area contributed by atoms with E-state index in [2.05, 4.69) is 0 Å². The van der Waals surface area contributed by atoms with Crippen molar-refractivity contribution < 1.29 is 5.11 Å². The maximum atomic E-state index is 10.00. The maximum absolute atomic E-state index is 10.00. The van der Waals surface area contributed by atoms with Gasteiger partial charge in [-0.05, 0) is 29.7 Å². The fraction of sp³-hybridized carbons (Fsp3) is 0.125. The molecule has 0 radical (unpaired) electrons. The van der Waals surface area contributed by atoms with E-state index < -0.39 is 6.10 Å². The second kappa shape index (κ2) is 6.39. The van der Waals surface area contributed by atoms with Crippen molar-refractivity contribution >= 4 is 17.7 Å². The van der Waals surface area contributed by atoms with Crippen LogP contribution in [0, 0.1) is 0 Å². The average Bonchev–Trinajstić information content (AvgIpc) is 2.40. The number of aliphatic hydroxyl groups is 1. The first-order valence-electron chi connectivity index (χ1n) is 5.91. The Labute approximate surface area is 112 Å². The third-order valence-corrected chi connectivity index (χ3v) is 2.98. The van der Waals surface area contributed by atoms with Gasteiger partial charge >= 0.3 is 0 Å². The second-order valence-electron chi connectivity index (χ2n) is 4.12. The summed E-state index contributed by atoms with van der Waals surface area (Å²) in [4.78, 5) is 0. The number of halogens is 1. The minimum absolute atomic E-state index is 0.484. The summed E-state index contributed by atoms with van der Waals surface area (Å²) in [6.45, 7) is 0. The number of hydrogen-bond acceptors (Lipinski definition) is 1. The zero-order valence-electron chi connectivity index (χ0n) is 9.96. The van der Waals surface area contributed by atoms with Crippen LogP contribution in [0.3, 0.4) is 0 Å². The van der Waals surface area contributed by atoms with Crippen LogP contribution in [0.4, 0.5) is 0 Å². The van der Waals surface area contributed by atoms with E-state index in [1.54, 1.807) is 12.1 Å². The van der Waals surface area contributed by atoms with Gasteiger partial charge in [0.2, 0.25) is 0 Å². The van der Waals surface area contributed by atoms with Crippen molar-refractivity contribution in [2.24, 2.45) is 0 Å². The Morgan fingerprint density at radius 3 is 2.33 bits per heavy atom. The smallest absolute Gasteiger partial charge is 0.0824 e. The molecule has 2 aromatic carbocycles. The number of rotatable bonds is 4. The number of benzene rings is 2. The van der Waals surface area contributed by atoms with Crippen molar-refractivity contribution in [2.75, 3.05) is 0 Å². The van der Waals surface area contributed by atoms with Crippen molar-refractivity contribution in [2.45, 2.75) is 12.5 Å². The summed E-state index contributed by atoms with van der Waals surface area (Å²) in [7, 11) is 0. The van der Waals surface area contributed by atoms with Crippen LogP contribution in [0.5, 0.6) is 0 Å². The van der Waals surface area contributed by atoms with Gasteiger partial charge in [0.25, 0.3) is 0 Å². The van der Waals surface area contributed by atoms with Crippen molar-refractivity contribution in [1.82, 2.24) is 0 Å². The normalized spacial score (nSPS) is 12.8. The third-order valence-electron chi connectivity index (χ3n) is 2.72. The summed E-state index contributed by atoms with van der Waals surface area (Å²) >= 11 is 5.81. The van der Waals surface area contributed by atoms with E-state index in [0.29, 0.717) is 11.4 Å². The van der Waals surface area contributed by atoms with Gasteiger partial charge in [0, 0.05) is 5.02 Å². The first kappa shape index (κ1) is 12.9. The molecule has 0 aliphatic heterocycles. The fourth-order valence-electron chi connectivity index (χ4n) is 1.72. The van der Waals surface area contributed by atoms with Gasteiger partial charge in [-0.25, -0.2) is 0 Å². The summed E-state index contributed by atoms with van der Waals surface area (Å²) in [5.41, 5.74) is 2.03. The molecule has 2 heteroatoms. The van der Waals surface area contributed by atoms with Crippen LogP contribution in [0.2, 0.25) is 5.02 Å². The Kier molecular flexibility index (Phi) is 4.57. The van der Waals surface area contributed by atoms with Crippen molar-refractivity contribution in [1.29, 1.82) is 0 Å². The van der Waals surface area contributed by atoms with E-state index >= 15 is 0 Å². The highest BCUT2D eigenvalue weighted by molar-refractivity contribution is 6.30. The Morgan fingerprint density at radius 1 is 1.00 bits per heavy atom. The maximum Gasteiger partial charge on any atom is 0.0824 e. The van der Waals surface area contributed by atoms with E-state index in [0.717, 1.165) is 11.1 Å². The molecule has 1 unspecified atom stereocenters. The average molecular weight is 259 g/mol. The highest BCUT2D eigenvalue weighted by Gasteiger charge is 2.04. The van der Waals surface area contributed by atoms with Crippen LogP contribution in [0.25, 0.3) is 6.08 Å². The first-order valence-corrected chi connectivity index (χ1v) is 6.28. The lowest BCUT2D eigenvalue weighted by Gasteiger charge is -2.08. The highest BCUT2D eigenvalue weighted by Crippen LogP contribution is 2.19. The fourth-order valence-corrected chi connectivity index (χ4v) is 1.84. The molecule has 92 valence electrons. The summed E-state index contributed by atoms with van der Waals surface area (Å²) in [5.74, 6) is 0. The van der Waals surface area contributed by atoms with Gasteiger partial charge < -0.3 is 5.11 Å². The van der Waals surface area contributed by atoms with E-state index in [1.807, 2.05) is 54.6 Å². The Balaban J connectivity index is 1.94. The molecular weight excluding hydrogens is 244 g/mol. The minimum atomic E-state index is -0.484. The Morgan fingerprint density at radius 2 is 1.67 bits per heavy atom. The van der Waals surface area contributed by atoms with Gasteiger partial charge in [-0.3, -0.25) is 0 Å². The molecule has 0 aromatic heterocycles. The molecule has 0 spiro atoms. The monoisotopic (exact) mass is 258 g/mol. The van der Waals surface area contributed by atoms with Crippen molar-refractivity contribution in [3.8, 4) is 0 Å². The van der Waals surface area contributed by atoms with E-state index in [1.165, 1.54) is 0 Å². The molecule has 0 saturated carbocycles. The molecular formula is C16H15ClO. The minimum Gasteiger partial charge on any atom is -0.388 e. The van der Waals surface area contributed by atoms with Crippen LogP contribution in [-0.4, -0.2) is 5.11 Å². The molecule has 0 saturated heterocycles. The lowest BCUT2D eigenvalue weighted by Crippen LogP contribution is -1.94. The predicted octanol–water partition coefficient (Wildman–Crippen LogP) is 4.48. The standard InChI is InChI=1S/C16H15ClO/c17-15-11-9-14(10-12-15)16(18)8-4-7-13-5-2-1-3-6-13/h1-7,9-12,16,18H,8H2/b7-4+. The lowest BCUT2D eigenvalue weighted by molar-refractivity contribution is 0.182. The summed E-state index contributed by atoms with van der Waals surface area (Å²) in [6.07, 6.45) is 4.10. The molecule has 0 fully saturated rings.